The molecule has 3 aromatic rings. The molecule has 45 heavy (non-hydrogen) atoms. The molecule has 0 saturated carbocycles. The molecule has 0 fully saturated rings. The van der Waals surface area contributed by atoms with E-state index in [9.17, 15) is 9.59 Å². The predicted molar refractivity (Wildman–Crippen MR) is 168 cm³/mol. The van der Waals surface area contributed by atoms with Crippen LogP contribution in [0.3, 0.4) is 0 Å². The second-order valence-corrected chi connectivity index (χ2v) is 9.56. The summed E-state index contributed by atoms with van der Waals surface area (Å²) in [6.45, 7) is 8.36. The molecule has 0 amide bonds. The number of unbranched alkanes of at least 4 members (excludes halogenated alkanes) is 3. The number of rotatable bonds is 22. The van der Waals surface area contributed by atoms with Gasteiger partial charge in [0, 0.05) is 18.6 Å². The van der Waals surface area contributed by atoms with Crippen LogP contribution in [-0.4, -0.2) is 45.8 Å². The molecule has 0 aliphatic carbocycles. The lowest BCUT2D eigenvalue weighted by atomic mass is 10.1. The summed E-state index contributed by atoms with van der Waals surface area (Å²) >= 11 is 0. The third-order valence-corrected chi connectivity index (χ3v) is 6.28. The summed E-state index contributed by atoms with van der Waals surface area (Å²) in [5.41, 5.74) is 0.892. The third-order valence-electron chi connectivity index (χ3n) is 6.28. The number of esters is 2. The monoisotopic (exact) mass is 620 g/mol. The molecule has 0 radical (unpaired) electrons. The van der Waals surface area contributed by atoms with Crippen molar-refractivity contribution in [3.63, 3.8) is 0 Å². The van der Waals surface area contributed by atoms with Crippen LogP contribution in [0.5, 0.6) is 34.5 Å². The van der Waals surface area contributed by atoms with Crippen molar-refractivity contribution < 1.29 is 47.5 Å². The fourth-order valence-corrected chi connectivity index (χ4v) is 3.93. The van der Waals surface area contributed by atoms with E-state index < -0.39 is 11.9 Å². The number of hydrogen-bond donors (Lipinski definition) is 0. The highest BCUT2D eigenvalue weighted by Crippen LogP contribution is 2.32. The molecule has 0 aromatic heterocycles. The summed E-state index contributed by atoms with van der Waals surface area (Å²) in [6.07, 6.45) is 7.13. The second-order valence-electron chi connectivity index (χ2n) is 9.56. The lowest BCUT2D eigenvalue weighted by Gasteiger charge is -2.13. The minimum absolute atomic E-state index is 0.0303. The lowest BCUT2D eigenvalue weighted by molar-refractivity contribution is -0.134. The van der Waals surface area contributed by atoms with Crippen LogP contribution in [-0.2, 0) is 25.5 Å². The van der Waals surface area contributed by atoms with E-state index in [1.54, 1.807) is 42.5 Å². The van der Waals surface area contributed by atoms with Gasteiger partial charge in [-0.2, -0.15) is 0 Å². The van der Waals surface area contributed by atoms with E-state index in [0.29, 0.717) is 42.6 Å². The average molecular weight is 621 g/mol. The van der Waals surface area contributed by atoms with Crippen LogP contribution in [0.2, 0.25) is 0 Å². The Kier molecular flexibility index (Phi) is 15.4. The fraction of sp³-hybridized carbons (Fsp3) is 0.314. The maximum absolute atomic E-state index is 12.5. The molecule has 0 bridgehead atoms. The molecule has 10 nitrogen and oxygen atoms in total. The van der Waals surface area contributed by atoms with Gasteiger partial charge in [0.15, 0.2) is 18.3 Å². The van der Waals surface area contributed by atoms with E-state index in [1.807, 2.05) is 24.3 Å². The standard InChI is InChI=1S/C35H40O10/c1-4-34(36)44-30-13-10-27(11-14-30)12-21-35(37)45-32-20-19-31(24-33(32)38-3)43-26-42-29-17-15-28(16-18-29)41-23-9-7-6-8-22-40-25-39-5-2/h4-5,10-11,13-20,24H,1-2,6-9,12,21-23,25-26H2,3H3. The first-order valence-corrected chi connectivity index (χ1v) is 14.6. The second kappa shape index (κ2) is 20.1. The molecule has 0 heterocycles. The summed E-state index contributed by atoms with van der Waals surface area (Å²) < 4.78 is 43.3. The zero-order valence-corrected chi connectivity index (χ0v) is 25.6. The molecule has 0 aliphatic heterocycles. The molecule has 0 N–H and O–H groups in total. The van der Waals surface area contributed by atoms with Gasteiger partial charge in [-0.1, -0.05) is 31.7 Å². The molecule has 3 aromatic carbocycles. The van der Waals surface area contributed by atoms with Gasteiger partial charge < -0.3 is 37.9 Å². The summed E-state index contributed by atoms with van der Waals surface area (Å²) in [7, 11) is 1.48. The highest BCUT2D eigenvalue weighted by atomic mass is 16.7. The zero-order valence-electron chi connectivity index (χ0n) is 25.6. The van der Waals surface area contributed by atoms with Gasteiger partial charge in [-0.05, 0) is 79.8 Å². The SMILES string of the molecule is C=COCOCCCCCCOc1ccc(OCOc2ccc(OC(=O)CCc3ccc(OC(=O)C=C)cc3)c(OC)c2)cc1. The Morgan fingerprint density at radius 2 is 1.33 bits per heavy atom. The van der Waals surface area contributed by atoms with E-state index in [-0.39, 0.29) is 25.8 Å². The number of aryl methyl sites for hydroxylation is 1. The molecule has 10 heteroatoms. The first-order chi connectivity index (χ1) is 22.0. The van der Waals surface area contributed by atoms with Gasteiger partial charge in [0.1, 0.15) is 23.0 Å². The number of carbonyl (C=O) groups is 2. The number of hydrogen-bond acceptors (Lipinski definition) is 10. The molecule has 0 atom stereocenters. The molecule has 0 unspecified atom stereocenters. The van der Waals surface area contributed by atoms with Gasteiger partial charge in [0.05, 0.1) is 26.6 Å². The highest BCUT2D eigenvalue weighted by Gasteiger charge is 2.12. The molecule has 240 valence electrons. The van der Waals surface area contributed by atoms with Crippen molar-refractivity contribution in [1.82, 2.24) is 0 Å². The van der Waals surface area contributed by atoms with Gasteiger partial charge in [-0.3, -0.25) is 4.79 Å². The van der Waals surface area contributed by atoms with Gasteiger partial charge in [0.2, 0.25) is 6.79 Å². The fourth-order valence-electron chi connectivity index (χ4n) is 3.93. The lowest BCUT2D eigenvalue weighted by Crippen LogP contribution is -2.10. The Hall–Kier alpha value is -4.96. The third kappa shape index (κ3) is 13.5. The van der Waals surface area contributed by atoms with Gasteiger partial charge >= 0.3 is 11.9 Å². The van der Waals surface area contributed by atoms with Crippen LogP contribution in [0.25, 0.3) is 0 Å². The van der Waals surface area contributed by atoms with Crippen LogP contribution in [0.1, 0.15) is 37.7 Å². The van der Waals surface area contributed by atoms with Crippen molar-refractivity contribution >= 4 is 11.9 Å². The van der Waals surface area contributed by atoms with Gasteiger partial charge in [-0.25, -0.2) is 4.79 Å². The summed E-state index contributed by atoms with van der Waals surface area (Å²) in [5.74, 6) is 1.97. The van der Waals surface area contributed by atoms with Crippen LogP contribution in [0, 0.1) is 0 Å². The molecular formula is C35H40O10. The molecule has 3 rings (SSSR count). The van der Waals surface area contributed by atoms with E-state index in [4.69, 9.17) is 37.9 Å². The van der Waals surface area contributed by atoms with E-state index in [1.165, 1.54) is 13.4 Å². The summed E-state index contributed by atoms with van der Waals surface area (Å²) in [4.78, 5) is 23.8. The zero-order chi connectivity index (χ0) is 32.1. The van der Waals surface area contributed by atoms with Crippen LogP contribution >= 0.6 is 0 Å². The minimum atomic E-state index is -0.534. The molecular weight excluding hydrogens is 580 g/mol. The average Bonchev–Trinajstić information content (AvgIpc) is 3.06. The van der Waals surface area contributed by atoms with Crippen molar-refractivity contribution in [2.24, 2.45) is 0 Å². The summed E-state index contributed by atoms with van der Waals surface area (Å²) in [6, 6.07) is 19.1. The molecule has 0 aliphatic rings. The predicted octanol–water partition coefficient (Wildman–Crippen LogP) is 6.81. The van der Waals surface area contributed by atoms with E-state index in [0.717, 1.165) is 43.1 Å². The molecule has 0 saturated heterocycles. The van der Waals surface area contributed by atoms with Gasteiger partial charge in [-0.15, -0.1) is 0 Å². The van der Waals surface area contributed by atoms with Crippen molar-refractivity contribution in [2.45, 2.75) is 38.5 Å². The number of benzene rings is 3. The maximum Gasteiger partial charge on any atom is 0.335 e. The normalized spacial score (nSPS) is 10.3. The van der Waals surface area contributed by atoms with Crippen molar-refractivity contribution in [3.05, 3.63) is 97.8 Å². The van der Waals surface area contributed by atoms with Crippen LogP contribution in [0.4, 0.5) is 0 Å². The van der Waals surface area contributed by atoms with Crippen LogP contribution in [0.15, 0.2) is 92.2 Å². The first kappa shape index (κ1) is 34.5. The Bertz CT molecular complexity index is 1340. The Morgan fingerprint density at radius 1 is 0.689 bits per heavy atom. The highest BCUT2D eigenvalue weighted by molar-refractivity contribution is 5.83. The van der Waals surface area contributed by atoms with E-state index in [2.05, 4.69) is 13.2 Å². The topological polar surface area (TPSA) is 108 Å². The van der Waals surface area contributed by atoms with Crippen molar-refractivity contribution in [3.8, 4) is 34.5 Å². The number of carbonyl (C=O) groups excluding carboxylic acids is 2. The van der Waals surface area contributed by atoms with Crippen LogP contribution < -0.4 is 28.4 Å². The van der Waals surface area contributed by atoms with Crippen molar-refractivity contribution in [1.29, 1.82) is 0 Å². The Morgan fingerprint density at radius 3 is 2.02 bits per heavy atom. The number of methoxy groups -OCH3 is 1. The molecule has 0 spiro atoms. The Labute approximate surface area is 264 Å². The largest absolute Gasteiger partial charge is 0.494 e. The smallest absolute Gasteiger partial charge is 0.335 e. The Balaban J connectivity index is 1.33. The minimum Gasteiger partial charge on any atom is -0.494 e. The van der Waals surface area contributed by atoms with E-state index >= 15 is 0 Å². The summed E-state index contributed by atoms with van der Waals surface area (Å²) in [5, 5.41) is 0. The number of ether oxygens (including phenoxy) is 8. The maximum atomic E-state index is 12.5. The first-order valence-electron chi connectivity index (χ1n) is 14.6. The van der Waals surface area contributed by atoms with Crippen molar-refractivity contribution in [2.75, 3.05) is 33.9 Å². The quantitative estimate of drug-likeness (QED) is 0.0297. The van der Waals surface area contributed by atoms with Gasteiger partial charge in [0.25, 0.3) is 0 Å².